The summed E-state index contributed by atoms with van der Waals surface area (Å²) in [6.07, 6.45) is 2.43. The molecule has 2 rings (SSSR count). The molecule has 0 aromatic carbocycles. The highest BCUT2D eigenvalue weighted by Gasteiger charge is 2.20. The Morgan fingerprint density at radius 2 is 2.47 bits per heavy atom. The minimum absolute atomic E-state index is 0.0718. The van der Waals surface area contributed by atoms with Crippen LogP contribution in [0.1, 0.15) is 18.0 Å². The molecular weight excluding hydrogens is 222 g/mol. The molecule has 1 N–H and O–H groups in total. The lowest BCUT2D eigenvalue weighted by Crippen LogP contribution is -2.26. The van der Waals surface area contributed by atoms with Crippen molar-refractivity contribution in [1.82, 2.24) is 9.97 Å². The van der Waals surface area contributed by atoms with E-state index in [1.54, 1.807) is 11.9 Å². The first-order chi connectivity index (χ1) is 8.16. The smallest absolute Gasteiger partial charge is 0.323 e. The van der Waals surface area contributed by atoms with Gasteiger partial charge in [-0.2, -0.15) is 0 Å². The van der Waals surface area contributed by atoms with E-state index in [1.165, 1.54) is 6.33 Å². The first-order valence-corrected chi connectivity index (χ1v) is 5.49. The number of aliphatic carboxylic acids is 1. The summed E-state index contributed by atoms with van der Waals surface area (Å²) >= 11 is 0. The zero-order valence-corrected chi connectivity index (χ0v) is 9.67. The van der Waals surface area contributed by atoms with Gasteiger partial charge in [0.15, 0.2) is 0 Å². The van der Waals surface area contributed by atoms with Crippen LogP contribution in [0.2, 0.25) is 0 Å². The molecule has 17 heavy (non-hydrogen) atoms. The van der Waals surface area contributed by atoms with Crippen molar-refractivity contribution in [3.05, 3.63) is 18.1 Å². The molecule has 0 radical (unpaired) electrons. The highest BCUT2D eigenvalue weighted by atomic mass is 16.5. The van der Waals surface area contributed by atoms with Crippen LogP contribution >= 0.6 is 0 Å². The SMILES string of the molecule is CN(CC(=O)O)c1cc([C@H]2CCOC2)ncn1. The molecule has 1 fully saturated rings. The molecule has 6 heteroatoms. The standard InChI is InChI=1S/C11H15N3O3/c1-14(5-11(15)16)10-4-9(12-7-13-10)8-2-3-17-6-8/h4,7-8H,2-3,5-6H2,1H3,(H,15,16)/t8-/m0/s1. The lowest BCUT2D eigenvalue weighted by Gasteiger charge is -2.16. The van der Waals surface area contributed by atoms with E-state index >= 15 is 0 Å². The largest absolute Gasteiger partial charge is 0.480 e. The van der Waals surface area contributed by atoms with Crippen molar-refractivity contribution >= 4 is 11.8 Å². The molecule has 0 spiro atoms. The molecule has 6 nitrogen and oxygen atoms in total. The average Bonchev–Trinajstić information content (AvgIpc) is 2.82. The van der Waals surface area contributed by atoms with Gasteiger partial charge < -0.3 is 14.7 Å². The Labute approximate surface area is 99.2 Å². The second-order valence-corrected chi connectivity index (χ2v) is 4.11. The molecule has 1 aliphatic heterocycles. The molecule has 1 saturated heterocycles. The van der Waals surface area contributed by atoms with Crippen molar-refractivity contribution in [1.29, 1.82) is 0 Å². The van der Waals surface area contributed by atoms with E-state index < -0.39 is 5.97 Å². The molecule has 0 bridgehead atoms. The summed E-state index contributed by atoms with van der Waals surface area (Å²) in [6, 6.07) is 1.84. The van der Waals surface area contributed by atoms with E-state index in [0.29, 0.717) is 18.3 Å². The predicted octanol–water partition coefficient (Wildman–Crippen LogP) is 0.501. The maximum atomic E-state index is 10.6. The number of hydrogen-bond donors (Lipinski definition) is 1. The third-order valence-electron chi connectivity index (χ3n) is 2.79. The molecule has 0 saturated carbocycles. The lowest BCUT2D eigenvalue weighted by molar-refractivity contribution is -0.135. The second-order valence-electron chi connectivity index (χ2n) is 4.11. The van der Waals surface area contributed by atoms with Crippen LogP contribution < -0.4 is 4.90 Å². The van der Waals surface area contributed by atoms with Crippen molar-refractivity contribution in [2.45, 2.75) is 12.3 Å². The minimum Gasteiger partial charge on any atom is -0.480 e. The maximum absolute atomic E-state index is 10.6. The number of nitrogens with zero attached hydrogens (tertiary/aromatic N) is 3. The molecule has 0 aliphatic carbocycles. The van der Waals surface area contributed by atoms with Crippen LogP contribution in [0.15, 0.2) is 12.4 Å². The van der Waals surface area contributed by atoms with Crippen LogP contribution in [-0.2, 0) is 9.53 Å². The summed E-state index contributed by atoms with van der Waals surface area (Å²) in [5, 5.41) is 8.72. The zero-order chi connectivity index (χ0) is 12.3. The van der Waals surface area contributed by atoms with Gasteiger partial charge in [0.2, 0.25) is 0 Å². The normalized spacial score (nSPS) is 19.2. The van der Waals surface area contributed by atoms with Crippen LogP contribution in [0.5, 0.6) is 0 Å². The average molecular weight is 237 g/mol. The van der Waals surface area contributed by atoms with Crippen molar-refractivity contribution in [2.75, 3.05) is 31.7 Å². The van der Waals surface area contributed by atoms with Gasteiger partial charge in [0.05, 0.1) is 12.3 Å². The Morgan fingerprint density at radius 3 is 3.12 bits per heavy atom. The number of anilines is 1. The summed E-state index contributed by atoms with van der Waals surface area (Å²) in [6.45, 7) is 1.37. The fourth-order valence-electron chi connectivity index (χ4n) is 1.85. The van der Waals surface area contributed by atoms with Gasteiger partial charge in [-0.25, -0.2) is 9.97 Å². The molecule has 1 atom stereocenters. The molecule has 92 valence electrons. The third kappa shape index (κ3) is 2.91. The Hall–Kier alpha value is -1.69. The highest BCUT2D eigenvalue weighted by Crippen LogP contribution is 2.24. The van der Waals surface area contributed by atoms with E-state index in [-0.39, 0.29) is 6.54 Å². The van der Waals surface area contributed by atoms with Crippen LogP contribution in [0.25, 0.3) is 0 Å². The summed E-state index contributed by atoms with van der Waals surface area (Å²) in [5.74, 6) is 0.0520. The number of ether oxygens (including phenoxy) is 1. The number of rotatable bonds is 4. The van der Waals surface area contributed by atoms with Gasteiger partial charge >= 0.3 is 5.97 Å². The first kappa shape index (κ1) is 11.8. The Balaban J connectivity index is 2.12. The van der Waals surface area contributed by atoms with Gasteiger partial charge in [0.1, 0.15) is 18.7 Å². The second kappa shape index (κ2) is 5.09. The number of likely N-dealkylation sites (N-methyl/N-ethyl adjacent to an activating group) is 1. The number of carboxylic acids is 1. The van der Waals surface area contributed by atoms with Crippen LogP contribution in [-0.4, -0.2) is 47.8 Å². The highest BCUT2D eigenvalue weighted by molar-refractivity contribution is 5.72. The molecule has 1 aromatic heterocycles. The molecule has 0 unspecified atom stereocenters. The van der Waals surface area contributed by atoms with Gasteiger partial charge in [-0.05, 0) is 6.42 Å². The van der Waals surface area contributed by atoms with E-state index in [2.05, 4.69) is 9.97 Å². The van der Waals surface area contributed by atoms with Crippen molar-refractivity contribution < 1.29 is 14.6 Å². The summed E-state index contributed by atoms with van der Waals surface area (Å²) in [5.41, 5.74) is 0.921. The monoisotopic (exact) mass is 237 g/mol. The van der Waals surface area contributed by atoms with Crippen LogP contribution in [0, 0.1) is 0 Å². The van der Waals surface area contributed by atoms with Crippen LogP contribution in [0.3, 0.4) is 0 Å². The number of aromatic nitrogens is 2. The third-order valence-corrected chi connectivity index (χ3v) is 2.79. The Morgan fingerprint density at radius 1 is 1.65 bits per heavy atom. The quantitative estimate of drug-likeness (QED) is 0.822. The molecule has 1 aromatic rings. The summed E-state index contributed by atoms with van der Waals surface area (Å²) < 4.78 is 5.31. The molecule has 0 amide bonds. The summed E-state index contributed by atoms with van der Waals surface area (Å²) in [4.78, 5) is 20.5. The first-order valence-electron chi connectivity index (χ1n) is 5.49. The topological polar surface area (TPSA) is 75.6 Å². The van der Waals surface area contributed by atoms with E-state index in [0.717, 1.165) is 18.7 Å². The summed E-state index contributed by atoms with van der Waals surface area (Å²) in [7, 11) is 1.70. The minimum atomic E-state index is -0.878. The van der Waals surface area contributed by atoms with E-state index in [4.69, 9.17) is 9.84 Å². The zero-order valence-electron chi connectivity index (χ0n) is 9.67. The van der Waals surface area contributed by atoms with Crippen molar-refractivity contribution in [3.63, 3.8) is 0 Å². The van der Waals surface area contributed by atoms with Crippen LogP contribution in [0.4, 0.5) is 5.82 Å². The van der Waals surface area contributed by atoms with Crippen molar-refractivity contribution in [3.8, 4) is 0 Å². The Kier molecular flexibility index (Phi) is 3.53. The van der Waals surface area contributed by atoms with Gasteiger partial charge in [-0.15, -0.1) is 0 Å². The van der Waals surface area contributed by atoms with Gasteiger partial charge in [0.25, 0.3) is 0 Å². The fraction of sp³-hybridized carbons (Fsp3) is 0.545. The molecular formula is C11H15N3O3. The molecule has 1 aliphatic rings. The van der Waals surface area contributed by atoms with Gasteiger partial charge in [-0.1, -0.05) is 0 Å². The van der Waals surface area contributed by atoms with Crippen molar-refractivity contribution in [2.24, 2.45) is 0 Å². The maximum Gasteiger partial charge on any atom is 0.323 e. The van der Waals surface area contributed by atoms with E-state index in [1.807, 2.05) is 6.07 Å². The number of hydrogen-bond acceptors (Lipinski definition) is 5. The molecule has 2 heterocycles. The van der Waals surface area contributed by atoms with Gasteiger partial charge in [0, 0.05) is 25.6 Å². The van der Waals surface area contributed by atoms with E-state index in [9.17, 15) is 4.79 Å². The Bertz CT molecular complexity index is 405. The number of carboxylic acid groups (broad SMARTS) is 1. The van der Waals surface area contributed by atoms with Gasteiger partial charge in [-0.3, -0.25) is 4.79 Å². The lowest BCUT2D eigenvalue weighted by atomic mass is 10.0. The number of carbonyl (C=O) groups is 1. The predicted molar refractivity (Wildman–Crippen MR) is 61.1 cm³/mol. The fourth-order valence-corrected chi connectivity index (χ4v) is 1.85.